The van der Waals surface area contributed by atoms with Crippen molar-refractivity contribution in [3.63, 3.8) is 0 Å². The van der Waals surface area contributed by atoms with E-state index in [1.807, 2.05) is 6.92 Å². The smallest absolute Gasteiger partial charge is 0.244 e. The van der Waals surface area contributed by atoms with Crippen LogP contribution in [0, 0.1) is 0 Å². The van der Waals surface area contributed by atoms with Crippen molar-refractivity contribution in [2.75, 3.05) is 13.7 Å². The van der Waals surface area contributed by atoms with Gasteiger partial charge in [0.05, 0.1) is 7.11 Å². The quantitative estimate of drug-likeness (QED) is 0.874. The van der Waals surface area contributed by atoms with E-state index in [1.54, 1.807) is 22.5 Å². The van der Waals surface area contributed by atoms with Gasteiger partial charge in [-0.1, -0.05) is 6.42 Å². The van der Waals surface area contributed by atoms with E-state index < -0.39 is 10.0 Å². The number of hydrogen-bond acceptors (Lipinski definition) is 4. The molecular formula is C14H21BrN2O3S. The summed E-state index contributed by atoms with van der Waals surface area (Å²) in [5.41, 5.74) is 5.98. The van der Waals surface area contributed by atoms with Gasteiger partial charge in [0.15, 0.2) is 0 Å². The number of piperidine rings is 1. The van der Waals surface area contributed by atoms with E-state index in [-0.39, 0.29) is 17.0 Å². The van der Waals surface area contributed by atoms with E-state index >= 15 is 0 Å². The first kappa shape index (κ1) is 16.7. The highest BCUT2D eigenvalue weighted by Gasteiger charge is 2.36. The van der Waals surface area contributed by atoms with Crippen LogP contribution in [-0.2, 0) is 10.0 Å². The average Bonchev–Trinajstić information content (AvgIpc) is 2.47. The average molecular weight is 377 g/mol. The van der Waals surface area contributed by atoms with Crippen LogP contribution in [0.2, 0.25) is 0 Å². The summed E-state index contributed by atoms with van der Waals surface area (Å²) < 4.78 is 33.2. The molecular weight excluding hydrogens is 356 g/mol. The van der Waals surface area contributed by atoms with E-state index in [0.717, 1.165) is 19.3 Å². The zero-order chi connectivity index (χ0) is 15.6. The van der Waals surface area contributed by atoms with Crippen molar-refractivity contribution < 1.29 is 13.2 Å². The molecule has 1 aliphatic heterocycles. The number of benzene rings is 1. The van der Waals surface area contributed by atoms with Gasteiger partial charge in [-0.2, -0.15) is 4.31 Å². The third-order valence-corrected chi connectivity index (χ3v) is 6.75. The molecule has 1 heterocycles. The van der Waals surface area contributed by atoms with Crippen LogP contribution in [-0.4, -0.2) is 38.5 Å². The Balaban J connectivity index is 2.45. The Hall–Kier alpha value is -0.630. The summed E-state index contributed by atoms with van der Waals surface area (Å²) in [7, 11) is -2.07. The van der Waals surface area contributed by atoms with E-state index in [9.17, 15) is 8.42 Å². The zero-order valence-electron chi connectivity index (χ0n) is 12.3. The number of ether oxygens (including phenoxy) is 1. The maximum atomic E-state index is 13.0. The topological polar surface area (TPSA) is 72.6 Å². The van der Waals surface area contributed by atoms with Gasteiger partial charge in [0, 0.05) is 29.2 Å². The second-order valence-electron chi connectivity index (χ2n) is 5.33. The summed E-state index contributed by atoms with van der Waals surface area (Å²) in [6.45, 7) is 2.37. The molecule has 0 unspecified atom stereocenters. The normalized spacial score (nSPS) is 22.0. The van der Waals surface area contributed by atoms with Gasteiger partial charge in [0.2, 0.25) is 10.0 Å². The molecule has 1 aliphatic rings. The van der Waals surface area contributed by atoms with Crippen LogP contribution in [0.4, 0.5) is 0 Å². The minimum absolute atomic E-state index is 0.151. The summed E-state index contributed by atoms with van der Waals surface area (Å²) in [6.07, 6.45) is 2.68. The van der Waals surface area contributed by atoms with Crippen LogP contribution in [0.3, 0.4) is 0 Å². The van der Waals surface area contributed by atoms with Crippen LogP contribution >= 0.6 is 15.9 Å². The van der Waals surface area contributed by atoms with Gasteiger partial charge in [0.25, 0.3) is 0 Å². The lowest BCUT2D eigenvalue weighted by atomic mass is 10.00. The number of nitrogens with two attached hydrogens (primary N) is 1. The number of sulfonamides is 1. The molecule has 21 heavy (non-hydrogen) atoms. The molecule has 2 rings (SSSR count). The van der Waals surface area contributed by atoms with Crippen LogP contribution in [0.15, 0.2) is 27.6 Å². The molecule has 0 amide bonds. The predicted molar refractivity (Wildman–Crippen MR) is 85.9 cm³/mol. The summed E-state index contributed by atoms with van der Waals surface area (Å²) in [5, 5.41) is 0. The highest BCUT2D eigenvalue weighted by atomic mass is 79.9. The fraction of sp³-hybridized carbons (Fsp3) is 0.571. The second kappa shape index (κ2) is 6.64. The van der Waals surface area contributed by atoms with Crippen molar-refractivity contribution in [2.45, 2.75) is 43.2 Å². The van der Waals surface area contributed by atoms with Crippen molar-refractivity contribution in [2.24, 2.45) is 5.73 Å². The summed E-state index contributed by atoms with van der Waals surface area (Å²) in [6, 6.07) is 4.62. The van der Waals surface area contributed by atoms with Crippen molar-refractivity contribution >= 4 is 26.0 Å². The summed E-state index contributed by atoms with van der Waals surface area (Å²) in [4.78, 5) is 0.231. The molecule has 0 aliphatic carbocycles. The van der Waals surface area contributed by atoms with Gasteiger partial charge in [-0.15, -0.1) is 0 Å². The van der Waals surface area contributed by atoms with E-state index in [1.165, 1.54) is 7.11 Å². The Morgan fingerprint density at radius 2 is 2.14 bits per heavy atom. The van der Waals surface area contributed by atoms with Crippen molar-refractivity contribution in [3.8, 4) is 5.75 Å². The van der Waals surface area contributed by atoms with Crippen molar-refractivity contribution in [1.29, 1.82) is 0 Å². The van der Waals surface area contributed by atoms with Crippen molar-refractivity contribution in [3.05, 3.63) is 22.7 Å². The number of nitrogens with zero attached hydrogens (tertiary/aromatic N) is 1. The molecule has 7 heteroatoms. The first-order valence-corrected chi connectivity index (χ1v) is 9.22. The molecule has 2 N–H and O–H groups in total. The van der Waals surface area contributed by atoms with Crippen LogP contribution < -0.4 is 10.5 Å². The third kappa shape index (κ3) is 3.41. The molecule has 0 aromatic heterocycles. The Labute approximate surface area is 134 Å². The first-order chi connectivity index (χ1) is 9.87. The fourth-order valence-corrected chi connectivity index (χ4v) is 5.41. The lowest BCUT2D eigenvalue weighted by Gasteiger charge is -2.37. The molecule has 0 spiro atoms. The van der Waals surface area contributed by atoms with Gasteiger partial charge in [-0.05, 0) is 47.8 Å². The van der Waals surface area contributed by atoms with Gasteiger partial charge in [-0.3, -0.25) is 0 Å². The maximum absolute atomic E-state index is 13.0. The fourth-order valence-electron chi connectivity index (χ4n) is 2.69. The van der Waals surface area contributed by atoms with E-state index in [4.69, 9.17) is 10.5 Å². The second-order valence-corrected chi connectivity index (χ2v) is 8.05. The van der Waals surface area contributed by atoms with E-state index in [0.29, 0.717) is 16.8 Å². The zero-order valence-corrected chi connectivity index (χ0v) is 14.7. The van der Waals surface area contributed by atoms with Gasteiger partial charge >= 0.3 is 0 Å². The Bertz CT molecular complexity index is 604. The maximum Gasteiger partial charge on any atom is 0.244 e. The SMILES string of the molecule is COc1ccc(Br)c(S(=O)(=O)N2CCCC[C@@H]2[C@@H](C)N)c1. The van der Waals surface area contributed by atoms with Gasteiger partial charge in [-0.25, -0.2) is 8.42 Å². The number of halogens is 1. The number of rotatable bonds is 4. The Kier molecular flexibility index (Phi) is 5.29. The molecule has 1 saturated heterocycles. The molecule has 2 atom stereocenters. The molecule has 0 saturated carbocycles. The predicted octanol–water partition coefficient (Wildman–Crippen LogP) is 2.35. The lowest BCUT2D eigenvalue weighted by Crippen LogP contribution is -2.51. The minimum Gasteiger partial charge on any atom is -0.497 e. The Morgan fingerprint density at radius 3 is 2.76 bits per heavy atom. The van der Waals surface area contributed by atoms with E-state index in [2.05, 4.69) is 15.9 Å². The highest BCUT2D eigenvalue weighted by molar-refractivity contribution is 9.10. The highest BCUT2D eigenvalue weighted by Crippen LogP contribution is 2.32. The first-order valence-electron chi connectivity index (χ1n) is 6.99. The molecule has 118 valence electrons. The monoisotopic (exact) mass is 376 g/mol. The van der Waals surface area contributed by atoms with Crippen molar-refractivity contribution in [1.82, 2.24) is 4.31 Å². The van der Waals surface area contributed by atoms with Crippen LogP contribution in [0.1, 0.15) is 26.2 Å². The van der Waals surface area contributed by atoms with Crippen LogP contribution in [0.5, 0.6) is 5.75 Å². The third-order valence-electron chi connectivity index (χ3n) is 3.83. The number of hydrogen-bond donors (Lipinski definition) is 1. The summed E-state index contributed by atoms with van der Waals surface area (Å²) in [5.74, 6) is 0.520. The molecule has 1 fully saturated rings. The van der Waals surface area contributed by atoms with Gasteiger partial charge < -0.3 is 10.5 Å². The molecule has 0 bridgehead atoms. The largest absolute Gasteiger partial charge is 0.497 e. The molecule has 0 radical (unpaired) electrons. The molecule has 1 aromatic carbocycles. The molecule has 5 nitrogen and oxygen atoms in total. The van der Waals surface area contributed by atoms with Gasteiger partial charge in [0.1, 0.15) is 10.6 Å². The Morgan fingerprint density at radius 1 is 1.43 bits per heavy atom. The summed E-state index contributed by atoms with van der Waals surface area (Å²) >= 11 is 3.33. The lowest BCUT2D eigenvalue weighted by molar-refractivity contribution is 0.227. The molecule has 1 aromatic rings. The minimum atomic E-state index is -3.59. The number of methoxy groups -OCH3 is 1. The standard InChI is InChI=1S/C14H21BrN2O3S/c1-10(16)13-5-3-4-8-17(13)21(18,19)14-9-11(20-2)6-7-12(14)15/h6-7,9-10,13H,3-5,8,16H2,1-2H3/t10-,13-/m1/s1. The van der Waals surface area contributed by atoms with Crippen LogP contribution in [0.25, 0.3) is 0 Å².